The van der Waals surface area contributed by atoms with E-state index >= 15 is 0 Å². The van der Waals surface area contributed by atoms with E-state index < -0.39 is 11.7 Å². The normalized spacial score (nSPS) is 18.3. The molecular weight excluding hydrogens is 437 g/mol. The fourth-order valence-electron chi connectivity index (χ4n) is 3.85. The highest BCUT2D eigenvalue weighted by Gasteiger charge is 2.25. The van der Waals surface area contributed by atoms with Gasteiger partial charge in [-0.05, 0) is 27.7 Å². The van der Waals surface area contributed by atoms with Crippen LogP contribution in [0.4, 0.5) is 16.0 Å². The topological polar surface area (TPSA) is 96.7 Å². The Bertz CT molecular complexity index is 1110. The van der Waals surface area contributed by atoms with Crippen LogP contribution >= 0.6 is 12.4 Å². The number of anilines is 2. The molecule has 11 heteroatoms. The summed E-state index contributed by atoms with van der Waals surface area (Å²) in [4.78, 5) is 28.0. The van der Waals surface area contributed by atoms with Crippen molar-refractivity contribution in [3.8, 4) is 5.88 Å². The molecule has 1 aliphatic heterocycles. The molecule has 3 aromatic heterocycles. The minimum Gasteiger partial charge on any atom is -0.477 e. The van der Waals surface area contributed by atoms with Crippen molar-refractivity contribution >= 4 is 35.6 Å². The third-order valence-corrected chi connectivity index (χ3v) is 4.99. The van der Waals surface area contributed by atoms with E-state index in [1.54, 1.807) is 19.3 Å². The monoisotopic (exact) mass is 463 g/mol. The van der Waals surface area contributed by atoms with E-state index in [2.05, 4.69) is 44.3 Å². The molecule has 2 atom stereocenters. The summed E-state index contributed by atoms with van der Waals surface area (Å²) < 4.78 is 21.5. The largest absolute Gasteiger partial charge is 0.477 e. The lowest BCUT2D eigenvalue weighted by Crippen LogP contribution is -2.54. The highest BCUT2D eigenvalue weighted by Crippen LogP contribution is 2.23. The molecule has 0 bridgehead atoms. The van der Waals surface area contributed by atoms with Crippen molar-refractivity contribution in [2.24, 2.45) is 0 Å². The molecule has 9 nitrogen and oxygen atoms in total. The fourth-order valence-corrected chi connectivity index (χ4v) is 3.85. The maximum atomic E-state index is 14.3. The zero-order chi connectivity index (χ0) is 22.1. The third kappa shape index (κ3) is 4.91. The van der Waals surface area contributed by atoms with Gasteiger partial charge in [-0.2, -0.15) is 4.98 Å². The number of carbonyl (C=O) groups is 1. The van der Waals surface area contributed by atoms with Gasteiger partial charge in [-0.15, -0.1) is 12.4 Å². The van der Waals surface area contributed by atoms with Crippen molar-refractivity contribution < 1.29 is 13.9 Å². The van der Waals surface area contributed by atoms with Gasteiger partial charge in [0.25, 0.3) is 5.91 Å². The molecule has 2 N–H and O–H groups in total. The second-order valence-corrected chi connectivity index (χ2v) is 7.84. The molecule has 0 radical (unpaired) electrons. The number of ether oxygens (including phenoxy) is 1. The molecular formula is C21H27ClFN7O2. The van der Waals surface area contributed by atoms with Crippen molar-refractivity contribution in [1.82, 2.24) is 24.7 Å². The van der Waals surface area contributed by atoms with Crippen LogP contribution in [0.1, 0.15) is 36.8 Å². The molecule has 0 aromatic carbocycles. The van der Waals surface area contributed by atoms with Gasteiger partial charge in [0, 0.05) is 49.8 Å². The van der Waals surface area contributed by atoms with Crippen LogP contribution in [-0.2, 0) is 0 Å². The number of nitrogens with zero attached hydrogens (tertiary/aromatic N) is 5. The summed E-state index contributed by atoms with van der Waals surface area (Å²) in [7, 11) is 0. The Morgan fingerprint density at radius 3 is 2.69 bits per heavy atom. The van der Waals surface area contributed by atoms with Crippen LogP contribution < -0.4 is 20.3 Å². The minimum atomic E-state index is -0.524. The lowest BCUT2D eigenvalue weighted by molar-refractivity contribution is 0.102. The van der Waals surface area contributed by atoms with Crippen LogP contribution in [0.2, 0.25) is 0 Å². The standard InChI is InChI=1S/C21H26FN7O2.ClH/c1-5-31-20-16(7-23-21(27-20)29-9-12(2)24-13(3)10-29)19(30)26-15-6-17(22)18-25-14(4)8-28(18)11-15;/h6-8,11-13,24H,5,9-10H2,1-4H3,(H,26,30);1H/t12-,13+;. The van der Waals surface area contributed by atoms with E-state index in [0.29, 0.717) is 36.0 Å². The van der Waals surface area contributed by atoms with Crippen molar-refractivity contribution in [3.05, 3.63) is 41.7 Å². The number of piperazine rings is 1. The van der Waals surface area contributed by atoms with E-state index in [4.69, 9.17) is 4.74 Å². The molecule has 0 aliphatic carbocycles. The first-order chi connectivity index (χ1) is 14.8. The summed E-state index contributed by atoms with van der Waals surface area (Å²) in [5, 5.41) is 6.17. The molecule has 1 saturated heterocycles. The van der Waals surface area contributed by atoms with Crippen molar-refractivity contribution in [2.45, 2.75) is 39.8 Å². The molecule has 0 saturated carbocycles. The average Bonchev–Trinajstić information content (AvgIpc) is 3.08. The Hall–Kier alpha value is -2.98. The van der Waals surface area contributed by atoms with Gasteiger partial charge in [0.15, 0.2) is 11.5 Å². The van der Waals surface area contributed by atoms with Crippen molar-refractivity contribution in [1.29, 1.82) is 0 Å². The number of fused-ring (bicyclic) bond motifs is 1. The van der Waals surface area contributed by atoms with E-state index in [1.807, 2.05) is 6.92 Å². The van der Waals surface area contributed by atoms with E-state index in [9.17, 15) is 9.18 Å². The molecule has 0 spiro atoms. The molecule has 1 amide bonds. The molecule has 172 valence electrons. The highest BCUT2D eigenvalue weighted by molar-refractivity contribution is 6.05. The quantitative estimate of drug-likeness (QED) is 0.600. The van der Waals surface area contributed by atoms with Crippen LogP contribution in [0.3, 0.4) is 0 Å². The summed E-state index contributed by atoms with van der Waals surface area (Å²) in [6.45, 7) is 9.66. The van der Waals surface area contributed by atoms with Gasteiger partial charge in [-0.1, -0.05) is 0 Å². The molecule has 3 aromatic rings. The number of hydrogen-bond acceptors (Lipinski definition) is 7. The number of aryl methyl sites for hydroxylation is 1. The van der Waals surface area contributed by atoms with Gasteiger partial charge in [-0.25, -0.2) is 14.4 Å². The van der Waals surface area contributed by atoms with Gasteiger partial charge < -0.3 is 24.7 Å². The second-order valence-electron chi connectivity index (χ2n) is 7.84. The molecule has 1 fully saturated rings. The predicted octanol–water partition coefficient (Wildman–Crippen LogP) is 2.83. The van der Waals surface area contributed by atoms with Crippen molar-refractivity contribution in [2.75, 3.05) is 29.9 Å². The second kappa shape index (κ2) is 9.66. The lowest BCUT2D eigenvalue weighted by atomic mass is 10.1. The number of hydrogen-bond donors (Lipinski definition) is 2. The van der Waals surface area contributed by atoms with Crippen molar-refractivity contribution in [3.63, 3.8) is 0 Å². The molecule has 1 aliphatic rings. The molecule has 4 rings (SSSR count). The lowest BCUT2D eigenvalue weighted by Gasteiger charge is -2.36. The number of pyridine rings is 1. The van der Waals surface area contributed by atoms with Crippen LogP contribution in [-0.4, -0.2) is 57.0 Å². The Labute approximate surface area is 191 Å². The summed E-state index contributed by atoms with van der Waals surface area (Å²) >= 11 is 0. The highest BCUT2D eigenvalue weighted by atomic mass is 35.5. The van der Waals surface area contributed by atoms with Crippen LogP contribution in [0, 0.1) is 12.7 Å². The number of aromatic nitrogens is 4. The van der Waals surface area contributed by atoms with Gasteiger partial charge in [0.2, 0.25) is 11.8 Å². The number of imidazole rings is 1. The number of nitrogens with one attached hydrogen (secondary N) is 2. The Kier molecular flexibility index (Phi) is 7.15. The van der Waals surface area contributed by atoms with E-state index in [-0.39, 0.29) is 29.5 Å². The number of halogens is 2. The van der Waals surface area contributed by atoms with Gasteiger partial charge in [0.1, 0.15) is 5.56 Å². The third-order valence-electron chi connectivity index (χ3n) is 4.99. The van der Waals surface area contributed by atoms with Crippen LogP contribution in [0.15, 0.2) is 24.7 Å². The van der Waals surface area contributed by atoms with Crippen LogP contribution in [0.25, 0.3) is 5.65 Å². The summed E-state index contributed by atoms with van der Waals surface area (Å²) in [5.74, 6) is -0.289. The number of amides is 1. The van der Waals surface area contributed by atoms with Crippen LogP contribution in [0.5, 0.6) is 5.88 Å². The summed E-state index contributed by atoms with van der Waals surface area (Å²) in [5.41, 5.74) is 1.37. The Morgan fingerprint density at radius 1 is 1.28 bits per heavy atom. The number of carbonyl (C=O) groups excluding carboxylic acids is 1. The molecule has 0 unspecified atom stereocenters. The maximum absolute atomic E-state index is 14.3. The molecule has 32 heavy (non-hydrogen) atoms. The van der Waals surface area contributed by atoms with Gasteiger partial charge in [0.05, 0.1) is 18.0 Å². The molecule has 4 heterocycles. The van der Waals surface area contributed by atoms with E-state index in [0.717, 1.165) is 13.1 Å². The van der Waals surface area contributed by atoms with Gasteiger partial charge >= 0.3 is 0 Å². The summed E-state index contributed by atoms with van der Waals surface area (Å²) in [6, 6.07) is 1.82. The van der Waals surface area contributed by atoms with E-state index in [1.165, 1.54) is 16.7 Å². The number of rotatable bonds is 5. The SMILES string of the molecule is CCOc1nc(N2C[C@@H](C)N[C@@H](C)C2)ncc1C(=O)Nc1cc(F)c2nc(C)cn2c1.Cl. The zero-order valence-electron chi connectivity index (χ0n) is 18.4. The summed E-state index contributed by atoms with van der Waals surface area (Å²) in [6.07, 6.45) is 4.75. The Morgan fingerprint density at radius 2 is 2.00 bits per heavy atom. The minimum absolute atomic E-state index is 0. The van der Waals surface area contributed by atoms with Gasteiger partial charge in [-0.3, -0.25) is 4.79 Å². The first-order valence-corrected chi connectivity index (χ1v) is 10.3. The average molecular weight is 464 g/mol. The first-order valence-electron chi connectivity index (χ1n) is 10.3. The zero-order valence-corrected chi connectivity index (χ0v) is 19.2. The smallest absolute Gasteiger partial charge is 0.262 e. The maximum Gasteiger partial charge on any atom is 0.262 e. The fraction of sp³-hybridized carbons (Fsp3) is 0.429. The predicted molar refractivity (Wildman–Crippen MR) is 123 cm³/mol. The first kappa shape index (κ1) is 23.7. The Balaban J connectivity index is 0.00000289.